The fraction of sp³-hybridized carbons (Fsp3) is 0.464. The van der Waals surface area contributed by atoms with E-state index in [1.165, 1.54) is 58.3 Å². The average Bonchev–Trinajstić information content (AvgIpc) is 2.76. The summed E-state index contributed by atoms with van der Waals surface area (Å²) in [5.41, 5.74) is 4.86. The molecule has 0 radical (unpaired) electrons. The molecule has 35 heavy (non-hydrogen) atoms. The van der Waals surface area contributed by atoms with E-state index in [0.29, 0.717) is 11.1 Å². The van der Waals surface area contributed by atoms with Crippen LogP contribution < -0.4 is 17.0 Å². The maximum atomic E-state index is 11.5. The summed E-state index contributed by atoms with van der Waals surface area (Å²) >= 11 is 3.36. The van der Waals surface area contributed by atoms with Crippen LogP contribution in [0.4, 0.5) is 0 Å². The van der Waals surface area contributed by atoms with Gasteiger partial charge in [-0.25, -0.2) is 9.59 Å². The number of hydrogen-bond donors (Lipinski definition) is 0. The minimum Gasteiger partial charge on any atom is -1.00 e. The molecule has 0 N–H and O–H groups in total. The molecule has 2 fully saturated rings. The third-order valence-electron chi connectivity index (χ3n) is 6.16. The number of esters is 2. The zero-order valence-corrected chi connectivity index (χ0v) is 26.0. The summed E-state index contributed by atoms with van der Waals surface area (Å²) < 4.78 is 10.4. The van der Waals surface area contributed by atoms with E-state index in [-0.39, 0.29) is 52.0 Å². The first-order chi connectivity index (χ1) is 15.9. The number of benzene rings is 2. The largest absolute Gasteiger partial charge is 2.00 e. The van der Waals surface area contributed by atoms with Crippen LogP contribution >= 0.6 is 15.9 Å². The molecule has 7 heteroatoms. The third kappa shape index (κ3) is 10.5. The van der Waals surface area contributed by atoms with E-state index < -0.39 is 0 Å². The van der Waals surface area contributed by atoms with Crippen LogP contribution in [0.5, 0.6) is 0 Å². The molecule has 4 nitrogen and oxygen atoms in total. The van der Waals surface area contributed by atoms with Gasteiger partial charge in [0.1, 0.15) is 0 Å². The van der Waals surface area contributed by atoms with Crippen molar-refractivity contribution < 1.29 is 36.0 Å². The van der Waals surface area contributed by atoms with Crippen LogP contribution in [0.2, 0.25) is 0 Å². The first kappa shape index (κ1) is 34.1. The van der Waals surface area contributed by atoms with Crippen molar-refractivity contribution in [3.63, 3.8) is 0 Å². The topological polar surface area (TPSA) is 52.6 Å². The second kappa shape index (κ2) is 18.4. The van der Waals surface area contributed by atoms with E-state index in [9.17, 15) is 9.59 Å². The van der Waals surface area contributed by atoms with Gasteiger partial charge in [-0.3, -0.25) is 0 Å². The minimum atomic E-state index is -0.274. The molecular formula is C28H36Br2MgO4. The van der Waals surface area contributed by atoms with Crippen molar-refractivity contribution in [1.82, 2.24) is 0 Å². The molecule has 0 amide bonds. The van der Waals surface area contributed by atoms with Crippen LogP contribution in [0, 0.1) is 6.42 Å². The van der Waals surface area contributed by atoms with Gasteiger partial charge in [0, 0.05) is 4.47 Å². The summed E-state index contributed by atoms with van der Waals surface area (Å²) in [5.74, 6) is 0.221. The van der Waals surface area contributed by atoms with Crippen LogP contribution in [0.15, 0.2) is 40.9 Å². The zero-order valence-electron chi connectivity index (χ0n) is 21.4. The summed E-state index contributed by atoms with van der Waals surface area (Å²) in [6.45, 7) is 4.08. The summed E-state index contributed by atoms with van der Waals surface area (Å²) in [6.07, 6.45) is 12.1. The van der Waals surface area contributed by atoms with E-state index in [0.717, 1.165) is 34.4 Å². The van der Waals surface area contributed by atoms with Gasteiger partial charge >= 0.3 is 35.0 Å². The van der Waals surface area contributed by atoms with Gasteiger partial charge in [0.15, 0.2) is 0 Å². The Morgan fingerprint density at radius 2 is 1.34 bits per heavy atom. The number of carbonyl (C=O) groups excluding carboxylic acids is 2. The standard InChI is InChI=1S/C14H18O2.C10H11BrO2.C4H7.BrH.Mg/c1-3-10-9-12(11-5-4-6-11)7-8-13(10)14(15)16-2;1-3-7-6-8(11)4-5-9(7)10(12)13-2;1-2-4-3-1;;/h7-9,11H,3-6H2,1-2H3;4-6H,3H2,1-2H3;1H,2-4H2;1H;/q;;-1;;+2/p-1. The summed E-state index contributed by atoms with van der Waals surface area (Å²) in [5, 5.41) is 0. The number of aryl methyl sites for hydroxylation is 2. The summed E-state index contributed by atoms with van der Waals surface area (Å²) in [7, 11) is 2.82. The fourth-order valence-electron chi connectivity index (χ4n) is 3.58. The Hall–Kier alpha value is -0.894. The third-order valence-corrected chi connectivity index (χ3v) is 6.66. The molecule has 0 saturated heterocycles. The van der Waals surface area contributed by atoms with Crippen LogP contribution in [0.25, 0.3) is 0 Å². The quantitative estimate of drug-likeness (QED) is 0.287. The first-order valence-corrected chi connectivity index (χ1v) is 12.6. The molecule has 188 valence electrons. The molecule has 2 aliphatic rings. The Morgan fingerprint density at radius 3 is 1.71 bits per heavy atom. The number of hydrogen-bond acceptors (Lipinski definition) is 4. The smallest absolute Gasteiger partial charge is 1.00 e. The normalized spacial score (nSPS) is 13.5. The average molecular weight is 621 g/mol. The molecule has 0 bridgehead atoms. The van der Waals surface area contributed by atoms with Gasteiger partial charge in [-0.15, -0.1) is 6.42 Å². The van der Waals surface area contributed by atoms with Crippen LogP contribution in [0.3, 0.4) is 0 Å². The fourth-order valence-corrected chi connectivity index (χ4v) is 3.99. The second-order valence-electron chi connectivity index (χ2n) is 8.26. The van der Waals surface area contributed by atoms with Crippen molar-refractivity contribution in [3.8, 4) is 0 Å². The van der Waals surface area contributed by atoms with Crippen molar-refractivity contribution in [2.75, 3.05) is 14.2 Å². The van der Waals surface area contributed by atoms with Gasteiger partial charge in [-0.05, 0) is 72.6 Å². The predicted octanol–water partition coefficient (Wildman–Crippen LogP) is 4.10. The number of halogens is 2. The monoisotopic (exact) mass is 618 g/mol. The van der Waals surface area contributed by atoms with Crippen LogP contribution in [0.1, 0.15) is 95.7 Å². The van der Waals surface area contributed by atoms with Crippen molar-refractivity contribution in [2.24, 2.45) is 0 Å². The number of carbonyl (C=O) groups is 2. The second-order valence-corrected chi connectivity index (χ2v) is 9.17. The Kier molecular flexibility index (Phi) is 17.9. The van der Waals surface area contributed by atoms with Gasteiger partial charge in [0.25, 0.3) is 0 Å². The molecule has 0 aromatic heterocycles. The van der Waals surface area contributed by atoms with E-state index in [1.807, 2.05) is 25.1 Å². The van der Waals surface area contributed by atoms with E-state index >= 15 is 0 Å². The zero-order chi connectivity index (χ0) is 24.2. The van der Waals surface area contributed by atoms with Gasteiger partial charge in [-0.1, -0.05) is 48.3 Å². The van der Waals surface area contributed by atoms with Crippen LogP contribution in [-0.2, 0) is 22.3 Å². The van der Waals surface area contributed by atoms with Crippen molar-refractivity contribution in [1.29, 1.82) is 0 Å². The van der Waals surface area contributed by atoms with Gasteiger partial charge in [-0.2, -0.15) is 12.8 Å². The van der Waals surface area contributed by atoms with E-state index in [4.69, 9.17) is 4.74 Å². The molecule has 2 aromatic rings. The Labute approximate surface area is 246 Å². The van der Waals surface area contributed by atoms with E-state index in [2.05, 4.69) is 46.1 Å². The summed E-state index contributed by atoms with van der Waals surface area (Å²) in [4.78, 5) is 22.8. The molecule has 0 spiro atoms. The molecule has 0 unspecified atom stereocenters. The maximum Gasteiger partial charge on any atom is 2.00 e. The maximum absolute atomic E-state index is 11.5. The van der Waals surface area contributed by atoms with E-state index in [1.54, 1.807) is 6.07 Å². The number of rotatable bonds is 5. The first-order valence-electron chi connectivity index (χ1n) is 11.8. The molecule has 2 saturated carbocycles. The van der Waals surface area contributed by atoms with Gasteiger partial charge < -0.3 is 32.9 Å². The predicted molar refractivity (Wildman–Crippen MR) is 143 cm³/mol. The summed E-state index contributed by atoms with van der Waals surface area (Å²) in [6, 6.07) is 11.7. The van der Waals surface area contributed by atoms with Crippen molar-refractivity contribution in [2.45, 2.75) is 71.1 Å². The molecule has 0 aliphatic heterocycles. The van der Waals surface area contributed by atoms with Gasteiger partial charge in [0.2, 0.25) is 0 Å². The number of methoxy groups -OCH3 is 2. The molecule has 0 atom stereocenters. The number of ether oxygens (including phenoxy) is 2. The molecular weight excluding hydrogens is 584 g/mol. The molecule has 2 aromatic carbocycles. The Morgan fingerprint density at radius 1 is 0.886 bits per heavy atom. The van der Waals surface area contributed by atoms with Gasteiger partial charge in [0.05, 0.1) is 25.3 Å². The minimum absolute atomic E-state index is 0. The SMILES string of the molecule is CCc1cc(Br)ccc1C(=O)OC.CCc1cc(C2CCC2)ccc1C(=O)OC.[Br-].[CH-]1CCC1.[Mg+2]. The van der Waals surface area contributed by atoms with Crippen LogP contribution in [-0.4, -0.2) is 49.2 Å². The molecule has 0 heterocycles. The Bertz CT molecular complexity index is 921. The molecule has 2 aliphatic carbocycles. The van der Waals surface area contributed by atoms with Crippen molar-refractivity contribution >= 4 is 50.9 Å². The molecule has 4 rings (SSSR count). The Balaban J connectivity index is 0.000000549. The van der Waals surface area contributed by atoms with Crippen molar-refractivity contribution in [3.05, 3.63) is 75.1 Å².